The Morgan fingerprint density at radius 3 is 2.35 bits per heavy atom. The molecule has 1 aliphatic carbocycles. The van der Waals surface area contributed by atoms with Gasteiger partial charge in [-0.25, -0.2) is 0 Å². The lowest BCUT2D eigenvalue weighted by Gasteiger charge is -2.36. The Morgan fingerprint density at radius 1 is 1.29 bits per heavy atom. The van der Waals surface area contributed by atoms with Crippen LogP contribution in [0.25, 0.3) is 0 Å². The lowest BCUT2D eigenvalue weighted by molar-refractivity contribution is 0.168. The van der Waals surface area contributed by atoms with Crippen LogP contribution >= 0.6 is 0 Å². The standard InChI is InChI=1S/C11H22N2O3S/c1-9-6-11(7-9)12-17(15,16)13-4-2-10(8-14)3-5-13/h9-12,14H,2-8H2,1H3. The van der Waals surface area contributed by atoms with E-state index in [0.29, 0.717) is 19.0 Å². The van der Waals surface area contributed by atoms with Gasteiger partial charge in [-0.15, -0.1) is 0 Å². The summed E-state index contributed by atoms with van der Waals surface area (Å²) in [5, 5.41) is 9.02. The Hall–Kier alpha value is -0.170. The molecule has 2 rings (SSSR count). The maximum Gasteiger partial charge on any atom is 0.279 e. The van der Waals surface area contributed by atoms with Gasteiger partial charge < -0.3 is 5.11 Å². The van der Waals surface area contributed by atoms with Crippen LogP contribution in [0.3, 0.4) is 0 Å². The first-order chi connectivity index (χ1) is 8.01. The van der Waals surface area contributed by atoms with Crippen molar-refractivity contribution < 1.29 is 13.5 Å². The number of hydrogen-bond donors (Lipinski definition) is 2. The number of rotatable bonds is 4. The molecule has 2 N–H and O–H groups in total. The average molecular weight is 262 g/mol. The Labute approximate surface area is 103 Å². The highest BCUT2D eigenvalue weighted by molar-refractivity contribution is 7.87. The predicted octanol–water partition coefficient (Wildman–Crippen LogP) is 0.324. The van der Waals surface area contributed by atoms with Crippen LogP contribution in [-0.4, -0.2) is 43.6 Å². The minimum atomic E-state index is -3.30. The minimum Gasteiger partial charge on any atom is -0.396 e. The van der Waals surface area contributed by atoms with Crippen molar-refractivity contribution in [2.24, 2.45) is 11.8 Å². The van der Waals surface area contributed by atoms with E-state index in [1.807, 2.05) is 0 Å². The van der Waals surface area contributed by atoms with Gasteiger partial charge in [-0.05, 0) is 37.5 Å². The number of piperidine rings is 1. The second-order valence-corrected chi connectivity index (χ2v) is 7.12. The predicted molar refractivity (Wildman–Crippen MR) is 65.6 cm³/mol. The molecule has 0 radical (unpaired) electrons. The van der Waals surface area contributed by atoms with E-state index in [1.54, 1.807) is 0 Å². The summed E-state index contributed by atoms with van der Waals surface area (Å²) in [5.41, 5.74) is 0. The molecule has 1 heterocycles. The average Bonchev–Trinajstić information content (AvgIpc) is 2.27. The van der Waals surface area contributed by atoms with Crippen LogP contribution in [0.5, 0.6) is 0 Å². The molecular formula is C11H22N2O3S. The van der Waals surface area contributed by atoms with Crippen LogP contribution in [-0.2, 0) is 10.2 Å². The first-order valence-electron chi connectivity index (χ1n) is 6.39. The molecular weight excluding hydrogens is 240 g/mol. The van der Waals surface area contributed by atoms with E-state index >= 15 is 0 Å². The topological polar surface area (TPSA) is 69.6 Å². The molecule has 2 fully saturated rings. The molecule has 1 aliphatic heterocycles. The zero-order valence-electron chi connectivity index (χ0n) is 10.3. The van der Waals surface area contributed by atoms with Crippen molar-refractivity contribution in [1.29, 1.82) is 0 Å². The zero-order chi connectivity index (χ0) is 12.5. The summed E-state index contributed by atoms with van der Waals surface area (Å²) in [6.07, 6.45) is 3.43. The third-order valence-corrected chi connectivity index (χ3v) is 5.54. The molecule has 5 nitrogen and oxygen atoms in total. The second kappa shape index (κ2) is 5.22. The van der Waals surface area contributed by atoms with E-state index in [4.69, 9.17) is 5.11 Å². The lowest BCUT2D eigenvalue weighted by atomic mass is 9.83. The number of aliphatic hydroxyl groups is 1. The van der Waals surface area contributed by atoms with Crippen LogP contribution in [0, 0.1) is 11.8 Å². The van der Waals surface area contributed by atoms with Gasteiger partial charge in [0.1, 0.15) is 0 Å². The summed E-state index contributed by atoms with van der Waals surface area (Å²) < 4.78 is 28.4. The minimum absolute atomic E-state index is 0.130. The second-order valence-electron chi connectivity index (χ2n) is 5.42. The molecule has 6 heteroatoms. The molecule has 0 bridgehead atoms. The molecule has 2 aliphatic rings. The van der Waals surface area contributed by atoms with E-state index in [-0.39, 0.29) is 18.6 Å². The van der Waals surface area contributed by atoms with Crippen LogP contribution in [0.15, 0.2) is 0 Å². The number of nitrogens with one attached hydrogen (secondary N) is 1. The van der Waals surface area contributed by atoms with Gasteiger partial charge in [-0.2, -0.15) is 17.4 Å². The fraction of sp³-hybridized carbons (Fsp3) is 1.00. The molecule has 0 spiro atoms. The molecule has 0 unspecified atom stereocenters. The van der Waals surface area contributed by atoms with Gasteiger partial charge in [0, 0.05) is 25.7 Å². The third kappa shape index (κ3) is 3.19. The summed E-state index contributed by atoms with van der Waals surface area (Å²) in [5.74, 6) is 0.910. The van der Waals surface area contributed by atoms with E-state index < -0.39 is 10.2 Å². The van der Waals surface area contributed by atoms with Crippen molar-refractivity contribution in [1.82, 2.24) is 9.03 Å². The van der Waals surface area contributed by atoms with Crippen molar-refractivity contribution in [3.05, 3.63) is 0 Å². The number of hydrogen-bond acceptors (Lipinski definition) is 3. The molecule has 1 saturated carbocycles. The van der Waals surface area contributed by atoms with Gasteiger partial charge >= 0.3 is 0 Å². The van der Waals surface area contributed by atoms with Gasteiger partial charge in [-0.1, -0.05) is 6.92 Å². The molecule has 0 aromatic heterocycles. The summed E-state index contributed by atoms with van der Waals surface area (Å²) in [6.45, 7) is 3.37. The highest BCUT2D eigenvalue weighted by Gasteiger charge is 2.33. The Kier molecular flexibility index (Phi) is 4.07. The summed E-state index contributed by atoms with van der Waals surface area (Å²) in [6, 6.07) is 0.130. The molecule has 1 saturated heterocycles. The van der Waals surface area contributed by atoms with E-state index in [0.717, 1.165) is 25.7 Å². The van der Waals surface area contributed by atoms with Gasteiger partial charge in [0.25, 0.3) is 10.2 Å². The normalized spacial score (nSPS) is 32.4. The fourth-order valence-electron chi connectivity index (χ4n) is 2.62. The largest absolute Gasteiger partial charge is 0.396 e. The molecule has 100 valence electrons. The molecule has 0 aromatic rings. The van der Waals surface area contributed by atoms with Crippen LogP contribution in [0.1, 0.15) is 32.6 Å². The number of nitrogens with zero attached hydrogens (tertiary/aromatic N) is 1. The van der Waals surface area contributed by atoms with Crippen molar-refractivity contribution in [3.8, 4) is 0 Å². The number of aliphatic hydroxyl groups excluding tert-OH is 1. The van der Waals surface area contributed by atoms with Crippen LogP contribution < -0.4 is 4.72 Å². The molecule has 17 heavy (non-hydrogen) atoms. The van der Waals surface area contributed by atoms with Gasteiger partial charge in [-0.3, -0.25) is 0 Å². The van der Waals surface area contributed by atoms with Crippen LogP contribution in [0.2, 0.25) is 0 Å². The van der Waals surface area contributed by atoms with Gasteiger partial charge in [0.15, 0.2) is 0 Å². The maximum absolute atomic E-state index is 12.0. The molecule has 0 aromatic carbocycles. The lowest BCUT2D eigenvalue weighted by Crippen LogP contribution is -2.51. The Bertz CT molecular complexity index is 344. The molecule has 0 amide bonds. The van der Waals surface area contributed by atoms with Crippen molar-refractivity contribution in [2.45, 2.75) is 38.6 Å². The van der Waals surface area contributed by atoms with Gasteiger partial charge in [0.2, 0.25) is 0 Å². The Balaban J connectivity index is 1.84. The monoisotopic (exact) mass is 262 g/mol. The Morgan fingerprint density at radius 2 is 1.88 bits per heavy atom. The molecule has 0 atom stereocenters. The third-order valence-electron chi connectivity index (χ3n) is 3.86. The van der Waals surface area contributed by atoms with Crippen molar-refractivity contribution in [3.63, 3.8) is 0 Å². The quantitative estimate of drug-likeness (QED) is 0.767. The van der Waals surface area contributed by atoms with Crippen molar-refractivity contribution >= 4 is 10.2 Å². The van der Waals surface area contributed by atoms with Crippen LogP contribution in [0.4, 0.5) is 0 Å². The summed E-state index contributed by atoms with van der Waals surface area (Å²) in [7, 11) is -3.30. The highest BCUT2D eigenvalue weighted by Crippen LogP contribution is 2.27. The van der Waals surface area contributed by atoms with Gasteiger partial charge in [0.05, 0.1) is 0 Å². The van der Waals surface area contributed by atoms with E-state index in [2.05, 4.69) is 11.6 Å². The smallest absolute Gasteiger partial charge is 0.279 e. The first kappa shape index (κ1) is 13.3. The zero-order valence-corrected chi connectivity index (χ0v) is 11.1. The highest BCUT2D eigenvalue weighted by atomic mass is 32.2. The summed E-state index contributed by atoms with van der Waals surface area (Å²) >= 11 is 0. The maximum atomic E-state index is 12.0. The van der Waals surface area contributed by atoms with E-state index in [9.17, 15) is 8.42 Å². The first-order valence-corrected chi connectivity index (χ1v) is 7.83. The fourth-order valence-corrected chi connectivity index (χ4v) is 4.07. The SMILES string of the molecule is CC1CC(NS(=O)(=O)N2CCC(CO)CC2)C1. The van der Waals surface area contributed by atoms with Crippen molar-refractivity contribution in [2.75, 3.05) is 19.7 Å². The van der Waals surface area contributed by atoms with E-state index in [1.165, 1.54) is 4.31 Å². The summed E-state index contributed by atoms with van der Waals surface area (Å²) in [4.78, 5) is 0.